The summed E-state index contributed by atoms with van der Waals surface area (Å²) < 4.78 is 29.9. The van der Waals surface area contributed by atoms with Gasteiger partial charge in [-0.25, -0.2) is 4.39 Å². The number of alkyl halides is 1. The summed E-state index contributed by atoms with van der Waals surface area (Å²) in [6.45, 7) is 7.56. The molecule has 0 aromatic heterocycles. The molecular formula is C25H31FO6S. The minimum absolute atomic E-state index is 0.226. The quantitative estimate of drug-likeness (QED) is 0.470. The third-order valence-electron chi connectivity index (χ3n) is 4.79. The molecule has 2 aromatic carbocycles. The number of aryl methyl sites for hydroxylation is 2. The first kappa shape index (κ1) is 27.0. The number of halogens is 1. The lowest BCUT2D eigenvalue weighted by molar-refractivity contribution is -0.156. The van der Waals surface area contributed by atoms with Crippen LogP contribution in [0.2, 0.25) is 0 Å². The molecule has 3 rings (SSSR count). The Hall–Kier alpha value is -2.26. The molecule has 0 aliphatic carbocycles. The molecule has 1 N–H and O–H groups in total. The number of aliphatic hydroxyl groups excluding tert-OH is 1. The number of hydrogen-bond acceptors (Lipinski definition) is 7. The molecule has 0 spiro atoms. The van der Waals surface area contributed by atoms with Crippen LogP contribution in [0.3, 0.4) is 0 Å². The van der Waals surface area contributed by atoms with E-state index in [4.69, 9.17) is 9.47 Å². The lowest BCUT2D eigenvalue weighted by Crippen LogP contribution is -2.34. The Labute approximate surface area is 198 Å². The van der Waals surface area contributed by atoms with Gasteiger partial charge in [0.1, 0.15) is 11.5 Å². The van der Waals surface area contributed by atoms with Gasteiger partial charge in [0.05, 0.1) is 25.1 Å². The van der Waals surface area contributed by atoms with E-state index >= 15 is 0 Å². The summed E-state index contributed by atoms with van der Waals surface area (Å²) in [6.07, 6.45) is -2.08. The van der Waals surface area contributed by atoms with E-state index in [-0.39, 0.29) is 5.25 Å². The Morgan fingerprint density at radius 1 is 0.909 bits per heavy atom. The van der Waals surface area contributed by atoms with Crippen molar-refractivity contribution < 1.29 is 33.3 Å². The molecule has 0 amide bonds. The zero-order valence-corrected chi connectivity index (χ0v) is 20.1. The van der Waals surface area contributed by atoms with Crippen LogP contribution in [0.25, 0.3) is 0 Å². The molecule has 1 aliphatic heterocycles. The summed E-state index contributed by atoms with van der Waals surface area (Å²) in [5.74, 6) is -1.12. The maximum absolute atomic E-state index is 14.3. The Balaban J connectivity index is 0.000000479. The predicted molar refractivity (Wildman–Crippen MR) is 125 cm³/mol. The SMILES string of the molecule is CC(=O)OC(C)=O.Cc1ccc(COC[C@H]2SC(O)[C@@H](F)[C@@H]2OCc2ccc(C)cc2)cc1. The monoisotopic (exact) mass is 478 g/mol. The van der Waals surface area contributed by atoms with Crippen LogP contribution in [0.5, 0.6) is 0 Å². The molecule has 8 heteroatoms. The number of carbonyl (C=O) groups excluding carboxylic acids is 2. The number of aliphatic hydroxyl groups is 1. The predicted octanol–water partition coefficient (Wildman–Crippen LogP) is 4.27. The van der Waals surface area contributed by atoms with Crippen molar-refractivity contribution in [3.8, 4) is 0 Å². The average Bonchev–Trinajstić information content (AvgIpc) is 3.01. The van der Waals surface area contributed by atoms with Gasteiger partial charge in [0.25, 0.3) is 0 Å². The van der Waals surface area contributed by atoms with Crippen LogP contribution < -0.4 is 0 Å². The average molecular weight is 479 g/mol. The molecule has 6 nitrogen and oxygen atoms in total. The summed E-state index contributed by atoms with van der Waals surface area (Å²) in [5, 5.41) is 9.65. The number of thioether (sulfide) groups is 1. The van der Waals surface area contributed by atoms with Gasteiger partial charge in [0.15, 0.2) is 6.17 Å². The highest BCUT2D eigenvalue weighted by atomic mass is 32.2. The van der Waals surface area contributed by atoms with Crippen molar-refractivity contribution in [2.45, 2.75) is 63.9 Å². The van der Waals surface area contributed by atoms with Gasteiger partial charge in [0.2, 0.25) is 0 Å². The largest absolute Gasteiger partial charge is 0.394 e. The number of benzene rings is 2. The maximum atomic E-state index is 14.3. The lowest BCUT2D eigenvalue weighted by atomic mass is 10.1. The maximum Gasteiger partial charge on any atom is 0.310 e. The third-order valence-corrected chi connectivity index (χ3v) is 6.08. The summed E-state index contributed by atoms with van der Waals surface area (Å²) in [7, 11) is 0. The van der Waals surface area contributed by atoms with Gasteiger partial charge in [-0.1, -0.05) is 59.7 Å². The third kappa shape index (κ3) is 9.63. The fourth-order valence-electron chi connectivity index (χ4n) is 3.09. The number of carbonyl (C=O) groups is 2. The number of esters is 2. The molecule has 1 fully saturated rings. The Morgan fingerprint density at radius 2 is 1.39 bits per heavy atom. The molecule has 0 saturated carbocycles. The molecule has 1 saturated heterocycles. The van der Waals surface area contributed by atoms with Crippen molar-refractivity contribution in [1.82, 2.24) is 0 Å². The molecule has 1 aliphatic rings. The summed E-state index contributed by atoms with van der Waals surface area (Å²) >= 11 is 1.19. The van der Waals surface area contributed by atoms with Crippen molar-refractivity contribution in [3.63, 3.8) is 0 Å². The van der Waals surface area contributed by atoms with E-state index in [9.17, 15) is 19.1 Å². The van der Waals surface area contributed by atoms with Crippen LogP contribution in [-0.2, 0) is 37.0 Å². The first-order valence-electron chi connectivity index (χ1n) is 10.6. The van der Waals surface area contributed by atoms with Crippen molar-refractivity contribution in [3.05, 3.63) is 70.8 Å². The second kappa shape index (κ2) is 13.4. The van der Waals surface area contributed by atoms with Crippen LogP contribution >= 0.6 is 11.8 Å². The first-order valence-corrected chi connectivity index (χ1v) is 11.6. The Bertz CT molecular complexity index is 875. The van der Waals surface area contributed by atoms with Gasteiger partial charge in [-0.05, 0) is 25.0 Å². The van der Waals surface area contributed by atoms with E-state index in [2.05, 4.69) is 4.74 Å². The van der Waals surface area contributed by atoms with E-state index in [0.29, 0.717) is 19.8 Å². The Kier molecular flexibility index (Phi) is 11.0. The molecule has 180 valence electrons. The normalized spacial score (nSPS) is 21.8. The second-order valence-electron chi connectivity index (χ2n) is 7.86. The van der Waals surface area contributed by atoms with E-state index in [1.807, 2.05) is 62.4 Å². The Morgan fingerprint density at radius 3 is 1.85 bits per heavy atom. The summed E-state index contributed by atoms with van der Waals surface area (Å²) in [5.41, 5.74) is 3.38. The van der Waals surface area contributed by atoms with Gasteiger partial charge >= 0.3 is 11.9 Å². The van der Waals surface area contributed by atoms with Gasteiger partial charge in [-0.3, -0.25) is 9.59 Å². The van der Waals surface area contributed by atoms with E-state index < -0.39 is 29.7 Å². The smallest absolute Gasteiger partial charge is 0.310 e. The van der Waals surface area contributed by atoms with Crippen LogP contribution in [-0.4, -0.2) is 46.6 Å². The van der Waals surface area contributed by atoms with Gasteiger partial charge in [0, 0.05) is 13.8 Å². The van der Waals surface area contributed by atoms with Gasteiger partial charge in [-0.15, -0.1) is 11.8 Å². The number of rotatable bonds is 7. The summed E-state index contributed by atoms with van der Waals surface area (Å²) in [4.78, 5) is 19.6. The van der Waals surface area contributed by atoms with Crippen molar-refractivity contribution >= 4 is 23.7 Å². The molecule has 33 heavy (non-hydrogen) atoms. The summed E-state index contributed by atoms with van der Waals surface area (Å²) in [6, 6.07) is 16.1. The van der Waals surface area contributed by atoms with Gasteiger partial charge in [-0.2, -0.15) is 0 Å². The number of ether oxygens (including phenoxy) is 3. The fraction of sp³-hybridized carbons (Fsp3) is 0.440. The van der Waals surface area contributed by atoms with Crippen LogP contribution in [0, 0.1) is 13.8 Å². The lowest BCUT2D eigenvalue weighted by Gasteiger charge is -2.21. The molecule has 0 radical (unpaired) electrons. The van der Waals surface area contributed by atoms with E-state index in [0.717, 1.165) is 11.1 Å². The molecule has 4 atom stereocenters. The number of hydrogen-bond donors (Lipinski definition) is 1. The highest BCUT2D eigenvalue weighted by Gasteiger charge is 2.44. The van der Waals surface area contributed by atoms with Crippen molar-refractivity contribution in [2.24, 2.45) is 0 Å². The van der Waals surface area contributed by atoms with Crippen LogP contribution in [0.1, 0.15) is 36.1 Å². The van der Waals surface area contributed by atoms with E-state index in [1.165, 1.54) is 36.7 Å². The zero-order chi connectivity index (χ0) is 24.4. The van der Waals surface area contributed by atoms with Crippen LogP contribution in [0.15, 0.2) is 48.5 Å². The fourth-order valence-corrected chi connectivity index (χ4v) is 4.31. The molecule has 2 aromatic rings. The van der Waals surface area contributed by atoms with E-state index in [1.54, 1.807) is 0 Å². The first-order chi connectivity index (χ1) is 15.7. The zero-order valence-electron chi connectivity index (χ0n) is 19.3. The molecule has 1 unspecified atom stereocenters. The minimum Gasteiger partial charge on any atom is -0.394 e. The van der Waals surface area contributed by atoms with Crippen molar-refractivity contribution in [2.75, 3.05) is 6.61 Å². The molecule has 1 heterocycles. The topological polar surface area (TPSA) is 82.1 Å². The van der Waals surface area contributed by atoms with Gasteiger partial charge < -0.3 is 19.3 Å². The van der Waals surface area contributed by atoms with Crippen LogP contribution in [0.4, 0.5) is 4.39 Å². The second-order valence-corrected chi connectivity index (χ2v) is 9.22. The molecular weight excluding hydrogens is 447 g/mol. The van der Waals surface area contributed by atoms with Crippen molar-refractivity contribution in [1.29, 1.82) is 0 Å². The standard InChI is InChI=1S/C21H25FO3S.C4H6O3/c1-14-3-7-16(8-4-14)11-24-13-18-20(19(22)21(23)26-18)25-12-17-9-5-15(2)6-10-17;1-3(5)7-4(2)6/h3-10,18-21,23H,11-13H2,1-2H3;1-2H3/t18-,19+,20-,21?;/m1./s1. The minimum atomic E-state index is -1.40. The molecule has 0 bridgehead atoms. The highest BCUT2D eigenvalue weighted by Crippen LogP contribution is 2.37. The highest BCUT2D eigenvalue weighted by molar-refractivity contribution is 8.00.